The van der Waals surface area contributed by atoms with Crippen LogP contribution in [-0.2, 0) is 9.31 Å². The fraction of sp³-hybridized carbons (Fsp3) is 0.250. The van der Waals surface area contributed by atoms with E-state index in [-0.39, 0.29) is 11.2 Å². The van der Waals surface area contributed by atoms with Crippen LogP contribution in [0.5, 0.6) is 0 Å². The van der Waals surface area contributed by atoms with Gasteiger partial charge in [0, 0.05) is 27.3 Å². The summed E-state index contributed by atoms with van der Waals surface area (Å²) in [5, 5.41) is 2.41. The Morgan fingerprint density at radius 1 is 0.714 bits per heavy atom. The number of aromatic amines is 1. The molecule has 1 fully saturated rings. The molecular weight excluding hydrogens is 345 g/mol. The zero-order valence-electron chi connectivity index (χ0n) is 16.7. The summed E-state index contributed by atoms with van der Waals surface area (Å²) in [6.45, 7) is 8.39. The van der Waals surface area contributed by atoms with Crippen LogP contribution in [-0.4, -0.2) is 23.3 Å². The van der Waals surface area contributed by atoms with Gasteiger partial charge in [0.15, 0.2) is 0 Å². The molecule has 28 heavy (non-hydrogen) atoms. The van der Waals surface area contributed by atoms with Crippen LogP contribution < -0.4 is 5.46 Å². The fourth-order valence-electron chi connectivity index (χ4n) is 4.02. The van der Waals surface area contributed by atoms with Crippen LogP contribution in [0.3, 0.4) is 0 Å². The van der Waals surface area contributed by atoms with Crippen molar-refractivity contribution in [3.05, 3.63) is 66.7 Å². The van der Waals surface area contributed by atoms with E-state index < -0.39 is 7.12 Å². The number of nitrogens with one attached hydrogen (secondary N) is 1. The molecule has 0 aliphatic carbocycles. The van der Waals surface area contributed by atoms with E-state index in [0.29, 0.717) is 0 Å². The first-order valence-corrected chi connectivity index (χ1v) is 9.82. The molecular formula is C24H24BNO2. The molecule has 4 heteroatoms. The first-order valence-electron chi connectivity index (χ1n) is 9.82. The molecule has 0 unspecified atom stereocenters. The Bertz CT molecular complexity index is 1160. The molecule has 1 aliphatic rings. The van der Waals surface area contributed by atoms with Crippen molar-refractivity contribution in [2.45, 2.75) is 38.9 Å². The van der Waals surface area contributed by atoms with E-state index in [1.807, 2.05) is 6.07 Å². The van der Waals surface area contributed by atoms with Crippen molar-refractivity contribution in [1.82, 2.24) is 4.98 Å². The summed E-state index contributed by atoms with van der Waals surface area (Å²) in [7, 11) is -0.433. The normalized spacial score (nSPS) is 18.2. The summed E-state index contributed by atoms with van der Waals surface area (Å²) < 4.78 is 12.9. The predicted molar refractivity (Wildman–Crippen MR) is 117 cm³/mol. The average Bonchev–Trinajstić information content (AvgIpc) is 3.15. The highest BCUT2D eigenvalue weighted by molar-refractivity contribution is 6.67. The summed E-state index contributed by atoms with van der Waals surface area (Å²) in [6.07, 6.45) is 0. The number of aromatic nitrogens is 1. The van der Waals surface area contributed by atoms with Gasteiger partial charge in [0.2, 0.25) is 0 Å². The van der Waals surface area contributed by atoms with Crippen molar-refractivity contribution in [3.63, 3.8) is 0 Å². The molecule has 140 valence electrons. The van der Waals surface area contributed by atoms with E-state index in [1.54, 1.807) is 0 Å². The van der Waals surface area contributed by atoms with Gasteiger partial charge in [0.1, 0.15) is 0 Å². The minimum Gasteiger partial charge on any atom is -0.399 e. The van der Waals surface area contributed by atoms with Gasteiger partial charge in [-0.1, -0.05) is 60.7 Å². The zero-order chi connectivity index (χ0) is 19.5. The summed E-state index contributed by atoms with van der Waals surface area (Å²) in [6, 6.07) is 23.3. The van der Waals surface area contributed by atoms with Crippen LogP contribution in [0.25, 0.3) is 32.9 Å². The summed E-state index contributed by atoms with van der Waals surface area (Å²) in [5.41, 5.74) is 4.80. The second-order valence-electron chi connectivity index (χ2n) is 8.57. The Kier molecular flexibility index (Phi) is 3.74. The zero-order valence-corrected chi connectivity index (χ0v) is 16.7. The summed E-state index contributed by atoms with van der Waals surface area (Å²) in [5.74, 6) is 0. The molecule has 0 saturated carbocycles. The standard InChI is InChI=1S/C24H24BNO2/c1-23(2)24(3,4)28-25(27-23)21-17(16-10-6-5-7-11-16)14-15-19-18-12-8-9-13-20(18)26-22(19)21/h5-15,26H,1-4H3. The Labute approximate surface area is 165 Å². The first-order chi connectivity index (χ1) is 13.4. The summed E-state index contributed by atoms with van der Waals surface area (Å²) in [4.78, 5) is 3.63. The van der Waals surface area contributed by atoms with Crippen LogP contribution in [0, 0.1) is 0 Å². The lowest BCUT2D eigenvalue weighted by molar-refractivity contribution is 0.00578. The second-order valence-corrected chi connectivity index (χ2v) is 8.57. The fourth-order valence-corrected chi connectivity index (χ4v) is 4.02. The van der Waals surface area contributed by atoms with E-state index in [1.165, 1.54) is 10.8 Å². The SMILES string of the molecule is CC1(C)OB(c2c(-c3ccccc3)ccc3c2[nH]c2ccccc23)OC1(C)C. The van der Waals surface area contributed by atoms with Crippen molar-refractivity contribution in [3.8, 4) is 11.1 Å². The van der Waals surface area contributed by atoms with Gasteiger partial charge >= 0.3 is 7.12 Å². The third-order valence-electron chi connectivity index (χ3n) is 6.30. The van der Waals surface area contributed by atoms with Crippen LogP contribution in [0.2, 0.25) is 0 Å². The van der Waals surface area contributed by atoms with E-state index >= 15 is 0 Å². The van der Waals surface area contributed by atoms with Gasteiger partial charge in [-0.2, -0.15) is 0 Å². The van der Waals surface area contributed by atoms with Gasteiger partial charge in [0.05, 0.1) is 11.2 Å². The van der Waals surface area contributed by atoms with Crippen molar-refractivity contribution < 1.29 is 9.31 Å². The quantitative estimate of drug-likeness (QED) is 0.488. The number of hydrogen-bond acceptors (Lipinski definition) is 2. The Morgan fingerprint density at radius 3 is 2.07 bits per heavy atom. The number of rotatable bonds is 2. The molecule has 0 spiro atoms. The Hall–Kier alpha value is -2.56. The van der Waals surface area contributed by atoms with Crippen molar-refractivity contribution in [2.75, 3.05) is 0 Å². The smallest absolute Gasteiger partial charge is 0.399 e. The van der Waals surface area contributed by atoms with Crippen LogP contribution in [0.1, 0.15) is 27.7 Å². The largest absolute Gasteiger partial charge is 0.497 e. The van der Waals surface area contributed by atoms with Crippen molar-refractivity contribution >= 4 is 34.4 Å². The molecule has 1 aromatic heterocycles. The lowest BCUT2D eigenvalue weighted by atomic mass is 9.73. The lowest BCUT2D eigenvalue weighted by Gasteiger charge is -2.32. The number of fused-ring (bicyclic) bond motifs is 3. The molecule has 5 rings (SSSR count). The molecule has 3 aromatic carbocycles. The third kappa shape index (κ3) is 2.52. The lowest BCUT2D eigenvalue weighted by Crippen LogP contribution is -2.41. The molecule has 4 aromatic rings. The maximum Gasteiger partial charge on any atom is 0.497 e. The number of para-hydroxylation sites is 1. The van der Waals surface area contributed by atoms with E-state index in [0.717, 1.165) is 27.6 Å². The molecule has 0 radical (unpaired) electrons. The van der Waals surface area contributed by atoms with Crippen LogP contribution in [0.15, 0.2) is 66.7 Å². The highest BCUT2D eigenvalue weighted by Crippen LogP contribution is 2.39. The van der Waals surface area contributed by atoms with Gasteiger partial charge in [-0.05, 0) is 44.9 Å². The van der Waals surface area contributed by atoms with Gasteiger partial charge in [-0.3, -0.25) is 0 Å². The molecule has 2 heterocycles. The maximum atomic E-state index is 6.47. The van der Waals surface area contributed by atoms with E-state index in [4.69, 9.17) is 9.31 Å². The molecule has 3 nitrogen and oxygen atoms in total. The minimum atomic E-state index is -0.433. The second kappa shape index (κ2) is 5.97. The van der Waals surface area contributed by atoms with Crippen molar-refractivity contribution in [1.29, 1.82) is 0 Å². The third-order valence-corrected chi connectivity index (χ3v) is 6.30. The van der Waals surface area contributed by atoms with E-state index in [9.17, 15) is 0 Å². The van der Waals surface area contributed by atoms with Crippen molar-refractivity contribution in [2.24, 2.45) is 0 Å². The first kappa shape index (κ1) is 17.5. The minimum absolute atomic E-state index is 0.389. The Balaban J connectivity index is 1.81. The van der Waals surface area contributed by atoms with Gasteiger partial charge in [0.25, 0.3) is 0 Å². The highest BCUT2D eigenvalue weighted by Gasteiger charge is 2.52. The maximum absolute atomic E-state index is 6.47. The van der Waals surface area contributed by atoms with Gasteiger partial charge in [-0.15, -0.1) is 0 Å². The molecule has 0 bridgehead atoms. The van der Waals surface area contributed by atoms with Crippen LogP contribution in [0.4, 0.5) is 0 Å². The number of hydrogen-bond donors (Lipinski definition) is 1. The molecule has 0 atom stereocenters. The monoisotopic (exact) mass is 369 g/mol. The molecule has 0 amide bonds. The molecule has 1 N–H and O–H groups in total. The number of benzene rings is 3. The predicted octanol–water partition coefficient (Wildman–Crippen LogP) is 5.29. The molecule has 1 saturated heterocycles. The van der Waals surface area contributed by atoms with Crippen LogP contribution >= 0.6 is 0 Å². The molecule has 1 aliphatic heterocycles. The van der Waals surface area contributed by atoms with E-state index in [2.05, 4.69) is 93.3 Å². The highest BCUT2D eigenvalue weighted by atomic mass is 16.7. The average molecular weight is 369 g/mol. The summed E-state index contributed by atoms with van der Waals surface area (Å²) >= 11 is 0. The number of H-pyrrole nitrogens is 1. The van der Waals surface area contributed by atoms with Gasteiger partial charge < -0.3 is 14.3 Å². The Morgan fingerprint density at radius 2 is 1.36 bits per heavy atom. The topological polar surface area (TPSA) is 34.2 Å². The van der Waals surface area contributed by atoms with Gasteiger partial charge in [-0.25, -0.2) is 0 Å².